The smallest absolute Gasteiger partial charge is 0.269 e. The first-order valence-electron chi connectivity index (χ1n) is 19.4. The van der Waals surface area contributed by atoms with E-state index in [9.17, 15) is 19.2 Å². The molecule has 1 aromatic heterocycles. The molecule has 13 nitrogen and oxygen atoms in total. The molecule has 14 heteroatoms. The van der Waals surface area contributed by atoms with Crippen LogP contribution in [0.4, 0.5) is 5.82 Å². The number of amides is 4. The van der Waals surface area contributed by atoms with Crippen molar-refractivity contribution in [1.29, 1.82) is 5.26 Å². The molecule has 3 saturated heterocycles. The standard InChI is InChI=1S/C41H45ClN8O5/c42-34-19-32(5-2-28(34)20-43)55-31-6-3-30(4-7-31)50-38(51)12-10-36(41(50)54)49-24-29-18-26(1-8-33(29)40(49)53)17-27-22-47(23-27)21-25-13-15-48(16-14-25)37-11-9-35(39(44)52)45-46-37/h1-2,5,8-9,11,18-19,25,27,30-31,36H,3-4,6-7,10,12-17,21-24H2,(H2,44,52). The summed E-state index contributed by atoms with van der Waals surface area (Å²) in [5.41, 5.74) is 8.67. The lowest BCUT2D eigenvalue weighted by atomic mass is 9.88. The van der Waals surface area contributed by atoms with Gasteiger partial charge in [-0.05, 0) is 105 Å². The molecule has 0 radical (unpaired) electrons. The van der Waals surface area contributed by atoms with Crippen LogP contribution in [0.15, 0.2) is 48.5 Å². The van der Waals surface area contributed by atoms with E-state index < -0.39 is 11.9 Å². The molecular weight excluding hydrogens is 720 g/mol. The summed E-state index contributed by atoms with van der Waals surface area (Å²) in [6.07, 6.45) is 6.20. The zero-order chi connectivity index (χ0) is 38.2. The Morgan fingerprint density at radius 3 is 2.40 bits per heavy atom. The number of primary amides is 1. The van der Waals surface area contributed by atoms with E-state index in [-0.39, 0.29) is 42.0 Å². The van der Waals surface area contributed by atoms with Gasteiger partial charge in [-0.15, -0.1) is 10.2 Å². The fraction of sp³-hybridized carbons (Fsp3) is 0.488. The van der Waals surface area contributed by atoms with Crippen molar-refractivity contribution in [3.05, 3.63) is 81.5 Å². The number of anilines is 1. The van der Waals surface area contributed by atoms with Crippen LogP contribution in [-0.4, -0.2) is 99.4 Å². The van der Waals surface area contributed by atoms with E-state index in [1.807, 2.05) is 18.2 Å². The van der Waals surface area contributed by atoms with Gasteiger partial charge in [0.15, 0.2) is 11.5 Å². The van der Waals surface area contributed by atoms with E-state index in [2.05, 4.69) is 32.1 Å². The van der Waals surface area contributed by atoms with Gasteiger partial charge in [0.1, 0.15) is 17.9 Å². The van der Waals surface area contributed by atoms with Crippen LogP contribution in [0, 0.1) is 23.2 Å². The van der Waals surface area contributed by atoms with E-state index in [0.29, 0.717) is 72.4 Å². The summed E-state index contributed by atoms with van der Waals surface area (Å²) < 4.78 is 6.13. The monoisotopic (exact) mass is 764 g/mol. The third-order valence-corrected chi connectivity index (χ3v) is 12.4. The number of benzene rings is 2. The molecule has 5 heterocycles. The molecule has 3 aromatic rings. The first-order valence-corrected chi connectivity index (χ1v) is 19.8. The third kappa shape index (κ3) is 7.75. The van der Waals surface area contributed by atoms with Crippen molar-refractivity contribution in [2.75, 3.05) is 37.6 Å². The zero-order valence-corrected chi connectivity index (χ0v) is 31.5. The second kappa shape index (κ2) is 15.6. The van der Waals surface area contributed by atoms with E-state index in [0.717, 1.165) is 63.4 Å². The summed E-state index contributed by atoms with van der Waals surface area (Å²) in [7, 11) is 0. The number of halogens is 1. The number of carbonyl (C=O) groups is 4. The number of rotatable bonds is 10. The third-order valence-electron chi connectivity index (χ3n) is 12.1. The van der Waals surface area contributed by atoms with E-state index in [4.69, 9.17) is 27.3 Å². The highest BCUT2D eigenvalue weighted by atomic mass is 35.5. The van der Waals surface area contributed by atoms with Gasteiger partial charge in [0.2, 0.25) is 5.91 Å². The maximum atomic E-state index is 13.9. The molecule has 2 N–H and O–H groups in total. The molecule has 1 aliphatic carbocycles. The number of fused-ring (bicyclic) bond motifs is 1. The number of nitrogens with zero attached hydrogens (tertiary/aromatic N) is 7. The molecule has 2 aromatic carbocycles. The number of hydrogen-bond donors (Lipinski definition) is 1. The number of nitriles is 1. The summed E-state index contributed by atoms with van der Waals surface area (Å²) >= 11 is 6.18. The number of hydrogen-bond acceptors (Lipinski definition) is 10. The Kier molecular flexibility index (Phi) is 10.5. The Bertz CT molecular complexity index is 2020. The van der Waals surface area contributed by atoms with Crippen LogP contribution >= 0.6 is 11.6 Å². The normalized spacial score (nSPS) is 23.7. The molecule has 1 saturated carbocycles. The van der Waals surface area contributed by atoms with Crippen LogP contribution in [0.1, 0.15) is 88.9 Å². The van der Waals surface area contributed by atoms with E-state index in [1.54, 1.807) is 29.2 Å². The average molecular weight is 765 g/mol. The Morgan fingerprint density at radius 1 is 0.927 bits per heavy atom. The van der Waals surface area contributed by atoms with Crippen molar-refractivity contribution in [3.63, 3.8) is 0 Å². The number of ether oxygens (including phenoxy) is 1. The van der Waals surface area contributed by atoms with Crippen molar-refractivity contribution in [3.8, 4) is 11.8 Å². The lowest BCUT2D eigenvalue weighted by Crippen LogP contribution is -2.58. The minimum Gasteiger partial charge on any atom is -0.490 e. The first-order chi connectivity index (χ1) is 26.6. The highest BCUT2D eigenvalue weighted by molar-refractivity contribution is 6.31. The number of carbonyl (C=O) groups excluding carboxylic acids is 4. The fourth-order valence-corrected chi connectivity index (χ4v) is 9.35. The molecule has 1 unspecified atom stereocenters. The van der Waals surface area contributed by atoms with Gasteiger partial charge in [0.25, 0.3) is 17.7 Å². The topological polar surface area (TPSA) is 166 Å². The number of aromatic nitrogens is 2. The molecule has 4 fully saturated rings. The van der Waals surface area contributed by atoms with Crippen molar-refractivity contribution in [2.45, 2.75) is 82.5 Å². The second-order valence-electron chi connectivity index (χ2n) is 15.7. The fourth-order valence-electron chi connectivity index (χ4n) is 9.13. The predicted molar refractivity (Wildman–Crippen MR) is 203 cm³/mol. The Balaban J connectivity index is 0.799. The van der Waals surface area contributed by atoms with Crippen molar-refractivity contribution in [1.82, 2.24) is 24.9 Å². The Morgan fingerprint density at radius 2 is 1.71 bits per heavy atom. The Hall–Kier alpha value is -5.06. The number of nitrogens with two attached hydrogens (primary N) is 1. The van der Waals surface area contributed by atoms with Gasteiger partial charge in [0.05, 0.1) is 16.7 Å². The summed E-state index contributed by atoms with van der Waals surface area (Å²) in [6, 6.07) is 15.7. The second-order valence-corrected chi connectivity index (χ2v) is 16.2. The van der Waals surface area contributed by atoms with Crippen LogP contribution in [0.25, 0.3) is 0 Å². The van der Waals surface area contributed by atoms with Gasteiger partial charge in [-0.25, -0.2) is 0 Å². The summed E-state index contributed by atoms with van der Waals surface area (Å²) in [4.78, 5) is 59.9. The minimum absolute atomic E-state index is 0.0831. The van der Waals surface area contributed by atoms with Gasteiger partial charge < -0.3 is 25.2 Å². The predicted octanol–water partition coefficient (Wildman–Crippen LogP) is 4.36. The van der Waals surface area contributed by atoms with Crippen LogP contribution < -0.4 is 15.4 Å². The average Bonchev–Trinajstić information content (AvgIpc) is 3.49. The van der Waals surface area contributed by atoms with Gasteiger partial charge in [-0.2, -0.15) is 5.26 Å². The molecule has 5 aliphatic rings. The highest BCUT2D eigenvalue weighted by Crippen LogP contribution is 2.35. The van der Waals surface area contributed by atoms with Crippen molar-refractivity contribution in [2.24, 2.45) is 17.6 Å². The molecule has 4 aliphatic heterocycles. The zero-order valence-electron chi connectivity index (χ0n) is 30.7. The molecule has 286 valence electrons. The van der Waals surface area contributed by atoms with Crippen molar-refractivity contribution >= 4 is 41.0 Å². The number of imide groups is 1. The van der Waals surface area contributed by atoms with Crippen LogP contribution in [0.3, 0.4) is 0 Å². The van der Waals surface area contributed by atoms with E-state index in [1.165, 1.54) is 10.5 Å². The molecule has 55 heavy (non-hydrogen) atoms. The van der Waals surface area contributed by atoms with E-state index >= 15 is 0 Å². The first kappa shape index (κ1) is 36.9. The molecule has 4 amide bonds. The number of likely N-dealkylation sites (tertiary alicyclic amines) is 2. The molecular formula is C41H45ClN8O5. The quantitative estimate of drug-likeness (QED) is 0.293. The molecule has 0 bridgehead atoms. The van der Waals surface area contributed by atoms with Crippen LogP contribution in [0.5, 0.6) is 5.75 Å². The number of piperidine rings is 2. The van der Waals surface area contributed by atoms with Gasteiger partial charge in [-0.3, -0.25) is 24.1 Å². The highest BCUT2D eigenvalue weighted by Gasteiger charge is 2.45. The maximum Gasteiger partial charge on any atom is 0.269 e. The van der Waals surface area contributed by atoms with Crippen LogP contribution in [0.2, 0.25) is 5.02 Å². The summed E-state index contributed by atoms with van der Waals surface area (Å²) in [6.45, 7) is 5.40. The molecule has 0 spiro atoms. The van der Waals surface area contributed by atoms with Crippen LogP contribution in [-0.2, 0) is 22.6 Å². The largest absolute Gasteiger partial charge is 0.490 e. The lowest BCUT2D eigenvalue weighted by molar-refractivity contribution is -0.156. The van der Waals surface area contributed by atoms with Gasteiger partial charge in [0, 0.05) is 63.4 Å². The summed E-state index contributed by atoms with van der Waals surface area (Å²) in [5, 5.41) is 17.6. The SMILES string of the molecule is N#Cc1ccc(OC2CCC(N3C(=O)CCC(N4Cc5cc(CC6CN(CC7CCN(c8ccc(C(N)=O)nn8)CC7)C6)ccc5C4=O)C3=O)CC2)cc1Cl. The molecule has 1 atom stereocenters. The van der Waals surface area contributed by atoms with Gasteiger partial charge >= 0.3 is 0 Å². The summed E-state index contributed by atoms with van der Waals surface area (Å²) in [5.74, 6) is 1.42. The Labute approximate surface area is 325 Å². The molecule has 8 rings (SSSR count). The lowest BCUT2D eigenvalue weighted by Gasteiger charge is -2.43. The van der Waals surface area contributed by atoms with Gasteiger partial charge in [-0.1, -0.05) is 23.7 Å². The minimum atomic E-state index is -0.654. The maximum absolute atomic E-state index is 13.9. The van der Waals surface area contributed by atoms with Crippen molar-refractivity contribution < 1.29 is 23.9 Å².